The molecule has 1 aromatic rings. The smallest absolute Gasteiger partial charge is 0.180 e. The standard InChI is InChI=1S/C14H21NO2S/c1-2-11-18(16,17)14-10-6-5-9-13(14)15-12-7-3-4-8-12/h5-6,9-10,12,15H,2-4,7-8,11H2,1H3. The first-order valence-electron chi connectivity index (χ1n) is 6.72. The summed E-state index contributed by atoms with van der Waals surface area (Å²) < 4.78 is 24.4. The van der Waals surface area contributed by atoms with Crippen molar-refractivity contribution in [2.45, 2.75) is 50.0 Å². The summed E-state index contributed by atoms with van der Waals surface area (Å²) in [6.07, 6.45) is 5.41. The van der Waals surface area contributed by atoms with Gasteiger partial charge in [-0.1, -0.05) is 31.9 Å². The van der Waals surface area contributed by atoms with Crippen LogP contribution in [0.25, 0.3) is 0 Å². The van der Waals surface area contributed by atoms with Crippen molar-refractivity contribution in [2.24, 2.45) is 0 Å². The van der Waals surface area contributed by atoms with Gasteiger partial charge in [0.1, 0.15) is 0 Å². The van der Waals surface area contributed by atoms with Crippen LogP contribution in [-0.2, 0) is 9.84 Å². The average Bonchev–Trinajstić information content (AvgIpc) is 2.82. The maximum absolute atomic E-state index is 12.2. The zero-order valence-corrected chi connectivity index (χ0v) is 11.7. The number of sulfone groups is 1. The summed E-state index contributed by atoms with van der Waals surface area (Å²) in [5.41, 5.74) is 0.776. The molecule has 3 nitrogen and oxygen atoms in total. The van der Waals surface area contributed by atoms with E-state index in [0.717, 1.165) is 18.5 Å². The average molecular weight is 267 g/mol. The van der Waals surface area contributed by atoms with Crippen LogP contribution in [0.4, 0.5) is 5.69 Å². The molecule has 100 valence electrons. The Labute approximate surface area is 110 Å². The second kappa shape index (κ2) is 5.74. The van der Waals surface area contributed by atoms with Gasteiger partial charge in [-0.05, 0) is 31.4 Å². The highest BCUT2D eigenvalue weighted by atomic mass is 32.2. The predicted molar refractivity (Wildman–Crippen MR) is 74.7 cm³/mol. The van der Waals surface area contributed by atoms with Gasteiger partial charge in [-0.2, -0.15) is 0 Å². The molecule has 1 aliphatic rings. The molecular weight excluding hydrogens is 246 g/mol. The lowest BCUT2D eigenvalue weighted by Gasteiger charge is -2.17. The van der Waals surface area contributed by atoms with Crippen LogP contribution in [0.15, 0.2) is 29.2 Å². The van der Waals surface area contributed by atoms with Crippen molar-refractivity contribution in [2.75, 3.05) is 11.1 Å². The Balaban J connectivity index is 2.24. The highest BCUT2D eigenvalue weighted by Gasteiger charge is 2.20. The fraction of sp³-hybridized carbons (Fsp3) is 0.571. The summed E-state index contributed by atoms with van der Waals surface area (Å²) in [5, 5.41) is 3.39. The first-order chi connectivity index (χ1) is 8.63. The summed E-state index contributed by atoms with van der Waals surface area (Å²) in [6, 6.07) is 7.70. The number of benzene rings is 1. The molecule has 1 aliphatic carbocycles. The Hall–Kier alpha value is -1.03. The van der Waals surface area contributed by atoms with Crippen molar-refractivity contribution in [3.63, 3.8) is 0 Å². The van der Waals surface area contributed by atoms with Crippen LogP contribution in [0, 0.1) is 0 Å². The second-order valence-corrected chi connectivity index (χ2v) is 7.02. The monoisotopic (exact) mass is 267 g/mol. The third-order valence-corrected chi connectivity index (χ3v) is 5.38. The number of rotatable bonds is 5. The summed E-state index contributed by atoms with van der Waals surface area (Å²) in [7, 11) is -3.15. The maximum atomic E-state index is 12.2. The van der Waals surface area contributed by atoms with Gasteiger partial charge in [0, 0.05) is 6.04 Å². The van der Waals surface area contributed by atoms with Crippen molar-refractivity contribution in [1.82, 2.24) is 0 Å². The van der Waals surface area contributed by atoms with Gasteiger partial charge in [-0.25, -0.2) is 8.42 Å². The van der Waals surface area contributed by atoms with Gasteiger partial charge in [-0.3, -0.25) is 0 Å². The third-order valence-electron chi connectivity index (χ3n) is 3.41. The number of nitrogens with one attached hydrogen (secondary N) is 1. The maximum Gasteiger partial charge on any atom is 0.180 e. The van der Waals surface area contributed by atoms with Crippen molar-refractivity contribution >= 4 is 15.5 Å². The zero-order valence-electron chi connectivity index (χ0n) is 10.9. The molecule has 0 aromatic heterocycles. The Morgan fingerprint density at radius 1 is 1.22 bits per heavy atom. The summed E-state index contributed by atoms with van der Waals surface area (Å²) in [4.78, 5) is 0.457. The molecule has 0 spiro atoms. The molecule has 0 amide bonds. The topological polar surface area (TPSA) is 46.2 Å². The molecule has 0 atom stereocenters. The van der Waals surface area contributed by atoms with Crippen LogP contribution in [0.1, 0.15) is 39.0 Å². The van der Waals surface area contributed by atoms with Crippen molar-refractivity contribution in [3.8, 4) is 0 Å². The molecule has 0 aliphatic heterocycles. The van der Waals surface area contributed by atoms with Gasteiger partial charge in [0.05, 0.1) is 16.3 Å². The molecule has 4 heteroatoms. The van der Waals surface area contributed by atoms with E-state index in [2.05, 4.69) is 5.32 Å². The predicted octanol–water partition coefficient (Wildman–Crippen LogP) is 3.22. The zero-order chi connectivity index (χ0) is 13.0. The molecule has 0 bridgehead atoms. The van der Waals surface area contributed by atoms with E-state index in [-0.39, 0.29) is 5.75 Å². The highest BCUT2D eigenvalue weighted by molar-refractivity contribution is 7.91. The number of hydrogen-bond acceptors (Lipinski definition) is 3. The molecule has 1 saturated carbocycles. The van der Waals surface area contributed by atoms with Crippen LogP contribution in [-0.4, -0.2) is 20.2 Å². The summed E-state index contributed by atoms with van der Waals surface area (Å²) in [6.45, 7) is 1.89. The van der Waals surface area contributed by atoms with Crippen molar-refractivity contribution in [3.05, 3.63) is 24.3 Å². The molecule has 1 N–H and O–H groups in total. The lowest BCUT2D eigenvalue weighted by atomic mass is 10.2. The number of anilines is 1. The summed E-state index contributed by atoms with van der Waals surface area (Å²) in [5.74, 6) is 0.219. The molecule has 0 radical (unpaired) electrons. The normalized spacial score (nSPS) is 16.9. The third kappa shape index (κ3) is 3.05. The molecular formula is C14H21NO2S. The van der Waals surface area contributed by atoms with E-state index >= 15 is 0 Å². The lowest BCUT2D eigenvalue weighted by Crippen LogP contribution is -2.17. The minimum atomic E-state index is -3.15. The lowest BCUT2D eigenvalue weighted by molar-refractivity contribution is 0.594. The first kappa shape index (κ1) is 13.4. The molecule has 1 fully saturated rings. The Bertz CT molecular complexity index is 490. The molecule has 18 heavy (non-hydrogen) atoms. The van der Waals surface area contributed by atoms with Gasteiger partial charge in [0.2, 0.25) is 0 Å². The van der Waals surface area contributed by atoms with Crippen LogP contribution >= 0.6 is 0 Å². The van der Waals surface area contributed by atoms with E-state index in [0.29, 0.717) is 17.4 Å². The SMILES string of the molecule is CCCS(=O)(=O)c1ccccc1NC1CCCC1. The van der Waals surface area contributed by atoms with Crippen molar-refractivity contribution < 1.29 is 8.42 Å². The van der Waals surface area contributed by atoms with Crippen LogP contribution in [0.2, 0.25) is 0 Å². The fourth-order valence-electron chi connectivity index (χ4n) is 2.53. The van der Waals surface area contributed by atoms with Gasteiger partial charge < -0.3 is 5.32 Å². The van der Waals surface area contributed by atoms with Gasteiger partial charge >= 0.3 is 0 Å². The van der Waals surface area contributed by atoms with Crippen LogP contribution in [0.3, 0.4) is 0 Å². The second-order valence-electron chi connectivity index (χ2n) is 4.94. The largest absolute Gasteiger partial charge is 0.381 e. The Morgan fingerprint density at radius 3 is 2.56 bits per heavy atom. The van der Waals surface area contributed by atoms with E-state index in [9.17, 15) is 8.42 Å². The number of hydrogen-bond donors (Lipinski definition) is 1. The molecule has 0 unspecified atom stereocenters. The number of para-hydroxylation sites is 1. The summed E-state index contributed by atoms with van der Waals surface area (Å²) >= 11 is 0. The first-order valence-corrected chi connectivity index (χ1v) is 8.37. The van der Waals surface area contributed by atoms with E-state index in [1.165, 1.54) is 12.8 Å². The van der Waals surface area contributed by atoms with Crippen LogP contribution < -0.4 is 5.32 Å². The molecule has 2 rings (SSSR count). The van der Waals surface area contributed by atoms with E-state index in [4.69, 9.17) is 0 Å². The Kier molecular flexibility index (Phi) is 4.27. The van der Waals surface area contributed by atoms with E-state index in [1.54, 1.807) is 12.1 Å². The Morgan fingerprint density at radius 2 is 1.89 bits per heavy atom. The molecule has 0 saturated heterocycles. The van der Waals surface area contributed by atoms with Gasteiger partial charge in [-0.15, -0.1) is 0 Å². The van der Waals surface area contributed by atoms with Crippen molar-refractivity contribution in [1.29, 1.82) is 0 Å². The van der Waals surface area contributed by atoms with Gasteiger partial charge in [0.25, 0.3) is 0 Å². The van der Waals surface area contributed by atoms with E-state index < -0.39 is 9.84 Å². The minimum Gasteiger partial charge on any atom is -0.381 e. The van der Waals surface area contributed by atoms with Crippen LogP contribution in [0.5, 0.6) is 0 Å². The fourth-order valence-corrected chi connectivity index (χ4v) is 4.03. The quantitative estimate of drug-likeness (QED) is 0.891. The molecule has 1 aromatic carbocycles. The van der Waals surface area contributed by atoms with E-state index in [1.807, 2.05) is 19.1 Å². The highest BCUT2D eigenvalue weighted by Crippen LogP contribution is 2.27. The van der Waals surface area contributed by atoms with Gasteiger partial charge in [0.15, 0.2) is 9.84 Å². The molecule has 0 heterocycles. The minimum absolute atomic E-state index is 0.219.